The van der Waals surface area contributed by atoms with E-state index < -0.39 is 0 Å². The minimum absolute atomic E-state index is 0.579. The van der Waals surface area contributed by atoms with E-state index >= 15 is 0 Å². The summed E-state index contributed by atoms with van der Waals surface area (Å²) < 4.78 is 0. The number of rotatable bonds is 3. The molecule has 0 spiro atoms. The Morgan fingerprint density at radius 1 is 0.611 bits per heavy atom. The summed E-state index contributed by atoms with van der Waals surface area (Å²) in [6.07, 6.45) is 13.4. The van der Waals surface area contributed by atoms with Gasteiger partial charge in [0.25, 0.3) is 0 Å². The van der Waals surface area contributed by atoms with E-state index in [1.807, 2.05) is 0 Å². The highest BCUT2D eigenvalue weighted by atomic mass is 14.9. The molecule has 2 aliphatic rings. The monoisotopic (exact) mass is 248 g/mol. The first-order chi connectivity index (χ1) is 8.75. The maximum atomic E-state index is 4.89. The van der Waals surface area contributed by atoms with E-state index in [0.717, 1.165) is 0 Å². The summed E-state index contributed by atoms with van der Waals surface area (Å²) in [5, 5.41) is 0. The summed E-state index contributed by atoms with van der Waals surface area (Å²) in [6, 6.07) is 1.16. The summed E-state index contributed by atoms with van der Waals surface area (Å²) in [7, 11) is 0. The van der Waals surface area contributed by atoms with Crippen LogP contribution < -0.4 is 0 Å². The molecule has 0 heterocycles. The van der Waals surface area contributed by atoms with Crippen molar-refractivity contribution in [3.63, 3.8) is 0 Å². The van der Waals surface area contributed by atoms with Crippen molar-refractivity contribution in [2.24, 2.45) is 9.98 Å². The lowest BCUT2D eigenvalue weighted by Gasteiger charge is -2.20. The quantitative estimate of drug-likeness (QED) is 0.653. The van der Waals surface area contributed by atoms with Crippen LogP contribution in [0.2, 0.25) is 0 Å². The van der Waals surface area contributed by atoms with Crippen LogP contribution in [0.4, 0.5) is 0 Å². The lowest BCUT2D eigenvalue weighted by Crippen LogP contribution is -2.18. The normalized spacial score (nSPS) is 25.4. The molecule has 2 saturated carbocycles. The predicted molar refractivity (Wildman–Crippen MR) is 80.0 cm³/mol. The summed E-state index contributed by atoms with van der Waals surface area (Å²) in [6.45, 7) is 4.30. The molecule has 0 saturated heterocycles. The van der Waals surface area contributed by atoms with Crippen molar-refractivity contribution in [3.05, 3.63) is 0 Å². The maximum absolute atomic E-state index is 4.89. The van der Waals surface area contributed by atoms with Crippen molar-refractivity contribution in [2.45, 2.75) is 90.1 Å². The zero-order valence-electron chi connectivity index (χ0n) is 12.1. The van der Waals surface area contributed by atoms with Gasteiger partial charge in [-0.3, -0.25) is 9.98 Å². The van der Waals surface area contributed by atoms with Gasteiger partial charge in [-0.1, -0.05) is 38.5 Å². The van der Waals surface area contributed by atoms with Crippen molar-refractivity contribution in [3.8, 4) is 0 Å². The molecule has 2 rings (SSSR count). The van der Waals surface area contributed by atoms with Gasteiger partial charge in [-0.25, -0.2) is 0 Å². The standard InChI is InChI=1S/C16H28N2/c1-13(17-15-9-5-3-6-10-15)14(2)18-16-11-7-4-8-12-16/h15-16H,3-12H2,1-2H3/b17-13+,18-14+. The zero-order valence-corrected chi connectivity index (χ0v) is 12.1. The van der Waals surface area contributed by atoms with Crippen molar-refractivity contribution in [1.82, 2.24) is 0 Å². The molecule has 2 fully saturated rings. The van der Waals surface area contributed by atoms with Crippen LogP contribution in [0.1, 0.15) is 78.1 Å². The van der Waals surface area contributed by atoms with Gasteiger partial charge in [0.2, 0.25) is 0 Å². The Hall–Kier alpha value is -0.660. The zero-order chi connectivity index (χ0) is 12.8. The average molecular weight is 248 g/mol. The molecule has 0 aromatic carbocycles. The minimum Gasteiger partial charge on any atom is -0.285 e. The Bertz CT molecular complexity index is 273. The molecule has 102 valence electrons. The molecule has 0 atom stereocenters. The highest BCUT2D eigenvalue weighted by Crippen LogP contribution is 2.22. The molecular formula is C16H28N2. The van der Waals surface area contributed by atoms with Crippen LogP contribution in [0.25, 0.3) is 0 Å². The molecule has 2 heteroatoms. The Morgan fingerprint density at radius 2 is 0.944 bits per heavy atom. The van der Waals surface area contributed by atoms with Crippen molar-refractivity contribution < 1.29 is 0 Å². The number of hydrogen-bond donors (Lipinski definition) is 0. The number of nitrogens with zero attached hydrogens (tertiary/aromatic N) is 2. The molecule has 0 N–H and O–H groups in total. The van der Waals surface area contributed by atoms with E-state index in [1.165, 1.54) is 75.6 Å². The lowest BCUT2D eigenvalue weighted by molar-refractivity contribution is 0.442. The second-order valence-corrected chi connectivity index (χ2v) is 6.01. The van der Waals surface area contributed by atoms with Crippen LogP contribution in [0.5, 0.6) is 0 Å². The summed E-state index contributed by atoms with van der Waals surface area (Å²) >= 11 is 0. The van der Waals surface area contributed by atoms with Gasteiger partial charge in [-0.2, -0.15) is 0 Å². The summed E-state index contributed by atoms with van der Waals surface area (Å²) in [5.41, 5.74) is 2.37. The Kier molecular flexibility index (Phi) is 5.40. The van der Waals surface area contributed by atoms with E-state index in [-0.39, 0.29) is 0 Å². The van der Waals surface area contributed by atoms with E-state index in [9.17, 15) is 0 Å². The van der Waals surface area contributed by atoms with Gasteiger partial charge in [-0.15, -0.1) is 0 Å². The molecule has 0 aromatic rings. The highest BCUT2D eigenvalue weighted by molar-refractivity contribution is 6.40. The van der Waals surface area contributed by atoms with E-state index in [1.54, 1.807) is 0 Å². The molecular weight excluding hydrogens is 220 g/mol. The van der Waals surface area contributed by atoms with Gasteiger partial charge in [0.05, 0.1) is 23.5 Å². The highest BCUT2D eigenvalue weighted by Gasteiger charge is 2.14. The first-order valence-corrected chi connectivity index (χ1v) is 7.85. The Balaban J connectivity index is 1.91. The molecule has 0 radical (unpaired) electrons. The van der Waals surface area contributed by atoms with Gasteiger partial charge < -0.3 is 0 Å². The molecule has 2 nitrogen and oxygen atoms in total. The van der Waals surface area contributed by atoms with Crippen molar-refractivity contribution >= 4 is 11.4 Å². The fourth-order valence-corrected chi connectivity index (χ4v) is 3.15. The van der Waals surface area contributed by atoms with Gasteiger partial charge >= 0.3 is 0 Å². The van der Waals surface area contributed by atoms with Crippen LogP contribution in [-0.2, 0) is 0 Å². The SMILES string of the molecule is CC(=N\C1CCCCC1)/C(C)=N/C1CCCCC1. The Morgan fingerprint density at radius 3 is 1.28 bits per heavy atom. The van der Waals surface area contributed by atoms with Crippen LogP contribution in [0.3, 0.4) is 0 Å². The van der Waals surface area contributed by atoms with Crippen LogP contribution in [0.15, 0.2) is 9.98 Å². The van der Waals surface area contributed by atoms with Crippen molar-refractivity contribution in [2.75, 3.05) is 0 Å². The minimum atomic E-state index is 0.579. The van der Waals surface area contributed by atoms with E-state index in [2.05, 4.69) is 13.8 Å². The third-order valence-electron chi connectivity index (χ3n) is 4.43. The topological polar surface area (TPSA) is 24.7 Å². The van der Waals surface area contributed by atoms with Crippen molar-refractivity contribution in [1.29, 1.82) is 0 Å². The van der Waals surface area contributed by atoms with Gasteiger partial charge in [-0.05, 0) is 39.5 Å². The first kappa shape index (κ1) is 13.8. The second-order valence-electron chi connectivity index (χ2n) is 6.01. The van der Waals surface area contributed by atoms with Crippen LogP contribution in [-0.4, -0.2) is 23.5 Å². The first-order valence-electron chi connectivity index (χ1n) is 7.85. The molecule has 18 heavy (non-hydrogen) atoms. The smallest absolute Gasteiger partial charge is 0.0528 e. The fourth-order valence-electron chi connectivity index (χ4n) is 3.15. The van der Waals surface area contributed by atoms with Gasteiger partial charge in [0, 0.05) is 0 Å². The molecule has 0 bridgehead atoms. The molecule has 0 aliphatic heterocycles. The van der Waals surface area contributed by atoms with Gasteiger partial charge in [0.1, 0.15) is 0 Å². The lowest BCUT2D eigenvalue weighted by atomic mass is 9.95. The third kappa shape index (κ3) is 4.22. The average Bonchev–Trinajstić information content (AvgIpc) is 2.41. The molecule has 0 amide bonds. The summed E-state index contributed by atoms with van der Waals surface area (Å²) in [4.78, 5) is 9.77. The fraction of sp³-hybridized carbons (Fsp3) is 0.875. The maximum Gasteiger partial charge on any atom is 0.0528 e. The molecule has 0 aromatic heterocycles. The molecule has 0 unspecified atom stereocenters. The number of aliphatic imine (C=N–C) groups is 2. The number of hydrogen-bond acceptors (Lipinski definition) is 2. The third-order valence-corrected chi connectivity index (χ3v) is 4.43. The predicted octanol–water partition coefficient (Wildman–Crippen LogP) is 4.57. The van der Waals surface area contributed by atoms with Crippen LogP contribution >= 0.6 is 0 Å². The van der Waals surface area contributed by atoms with Gasteiger partial charge in [0.15, 0.2) is 0 Å². The Labute approximate surface area is 112 Å². The second kappa shape index (κ2) is 7.06. The summed E-state index contributed by atoms with van der Waals surface area (Å²) in [5.74, 6) is 0. The largest absolute Gasteiger partial charge is 0.285 e. The van der Waals surface area contributed by atoms with E-state index in [0.29, 0.717) is 12.1 Å². The van der Waals surface area contributed by atoms with Crippen LogP contribution in [0, 0.1) is 0 Å². The van der Waals surface area contributed by atoms with E-state index in [4.69, 9.17) is 9.98 Å². The molecule has 2 aliphatic carbocycles.